The van der Waals surface area contributed by atoms with Crippen LogP contribution in [-0.2, 0) is 4.79 Å². The number of amides is 2. The minimum absolute atomic E-state index is 0.00922. The highest BCUT2D eigenvalue weighted by Crippen LogP contribution is 2.38. The van der Waals surface area contributed by atoms with Crippen LogP contribution in [0.15, 0.2) is 67.0 Å². The van der Waals surface area contributed by atoms with E-state index in [9.17, 15) is 9.59 Å². The molecule has 1 aliphatic carbocycles. The second-order valence-corrected chi connectivity index (χ2v) is 7.01. The van der Waals surface area contributed by atoms with Gasteiger partial charge in [0.15, 0.2) is 5.82 Å². The lowest BCUT2D eigenvalue weighted by atomic mass is 10.1. The molecule has 6 heteroatoms. The summed E-state index contributed by atoms with van der Waals surface area (Å²) >= 11 is 0. The van der Waals surface area contributed by atoms with Crippen molar-refractivity contribution in [1.29, 1.82) is 0 Å². The van der Waals surface area contributed by atoms with Crippen LogP contribution < -0.4 is 10.6 Å². The Morgan fingerprint density at radius 3 is 2.32 bits per heavy atom. The number of carbonyl (C=O) groups excluding carboxylic acids is 2. The van der Waals surface area contributed by atoms with E-state index in [0.717, 1.165) is 12.0 Å². The average molecular weight is 372 g/mol. The Balaban J connectivity index is 1.42. The standard InChI is InChI=1S/C22H20N4O2/c1-14-10-19(14)22(28)25-17-9-5-8-16(11-17)21(27)26-18-12-23-20(24-13-18)15-6-3-2-4-7-15/h2-9,11-14,19H,10H2,1H3,(H,25,28)(H,26,27). The maximum atomic E-state index is 12.5. The molecular weight excluding hydrogens is 352 g/mol. The van der Waals surface area contributed by atoms with Gasteiger partial charge in [0.1, 0.15) is 0 Å². The molecule has 28 heavy (non-hydrogen) atoms. The molecule has 2 atom stereocenters. The summed E-state index contributed by atoms with van der Waals surface area (Å²) in [7, 11) is 0. The molecule has 3 aromatic rings. The molecule has 4 rings (SSSR count). The van der Waals surface area contributed by atoms with Crippen LogP contribution in [-0.4, -0.2) is 21.8 Å². The van der Waals surface area contributed by atoms with E-state index >= 15 is 0 Å². The Morgan fingerprint density at radius 2 is 1.64 bits per heavy atom. The van der Waals surface area contributed by atoms with Gasteiger partial charge >= 0.3 is 0 Å². The van der Waals surface area contributed by atoms with Gasteiger partial charge in [0, 0.05) is 22.7 Å². The van der Waals surface area contributed by atoms with Gasteiger partial charge in [-0.2, -0.15) is 0 Å². The van der Waals surface area contributed by atoms with E-state index in [0.29, 0.717) is 28.7 Å². The SMILES string of the molecule is CC1CC1C(=O)Nc1cccc(C(=O)Nc2cnc(-c3ccccc3)nc2)c1. The fourth-order valence-electron chi connectivity index (χ4n) is 2.99. The predicted octanol–water partition coefficient (Wildman–Crippen LogP) is 3.99. The molecule has 0 radical (unpaired) electrons. The Hall–Kier alpha value is -3.54. The largest absolute Gasteiger partial charge is 0.326 e. The molecule has 1 aromatic heterocycles. The monoisotopic (exact) mass is 372 g/mol. The lowest BCUT2D eigenvalue weighted by Gasteiger charge is -2.08. The van der Waals surface area contributed by atoms with Crippen LogP contribution in [0.4, 0.5) is 11.4 Å². The highest BCUT2D eigenvalue weighted by Gasteiger charge is 2.39. The number of hydrogen-bond donors (Lipinski definition) is 2. The summed E-state index contributed by atoms with van der Waals surface area (Å²) in [5.74, 6) is 0.836. The molecule has 1 aliphatic rings. The lowest BCUT2D eigenvalue weighted by molar-refractivity contribution is -0.117. The molecule has 1 saturated carbocycles. The number of nitrogens with one attached hydrogen (secondary N) is 2. The van der Waals surface area contributed by atoms with E-state index in [-0.39, 0.29) is 17.7 Å². The van der Waals surface area contributed by atoms with E-state index in [4.69, 9.17) is 0 Å². The number of hydrogen-bond acceptors (Lipinski definition) is 4. The van der Waals surface area contributed by atoms with Gasteiger partial charge in [-0.25, -0.2) is 9.97 Å². The molecule has 2 N–H and O–H groups in total. The van der Waals surface area contributed by atoms with Crippen molar-refractivity contribution in [2.24, 2.45) is 11.8 Å². The minimum atomic E-state index is -0.285. The summed E-state index contributed by atoms with van der Waals surface area (Å²) in [4.78, 5) is 33.2. The maximum absolute atomic E-state index is 12.5. The van der Waals surface area contributed by atoms with E-state index in [1.165, 1.54) is 0 Å². The first-order valence-electron chi connectivity index (χ1n) is 9.20. The van der Waals surface area contributed by atoms with Crippen molar-refractivity contribution in [1.82, 2.24) is 9.97 Å². The van der Waals surface area contributed by atoms with E-state index in [1.54, 1.807) is 36.7 Å². The fourth-order valence-corrected chi connectivity index (χ4v) is 2.99. The van der Waals surface area contributed by atoms with Gasteiger partial charge in [-0.05, 0) is 30.5 Å². The molecule has 0 bridgehead atoms. The van der Waals surface area contributed by atoms with Gasteiger partial charge in [0.25, 0.3) is 5.91 Å². The summed E-state index contributed by atoms with van der Waals surface area (Å²) < 4.78 is 0. The first-order valence-corrected chi connectivity index (χ1v) is 9.20. The van der Waals surface area contributed by atoms with Gasteiger partial charge in [-0.3, -0.25) is 9.59 Å². The summed E-state index contributed by atoms with van der Waals surface area (Å²) in [6.45, 7) is 2.05. The maximum Gasteiger partial charge on any atom is 0.255 e. The minimum Gasteiger partial charge on any atom is -0.326 e. The molecule has 0 saturated heterocycles. The third-order valence-electron chi connectivity index (χ3n) is 4.78. The fraction of sp³-hybridized carbons (Fsp3) is 0.182. The number of nitrogens with zero attached hydrogens (tertiary/aromatic N) is 2. The molecule has 2 amide bonds. The Bertz CT molecular complexity index is 1000. The van der Waals surface area contributed by atoms with Crippen molar-refractivity contribution in [2.75, 3.05) is 10.6 Å². The number of anilines is 2. The quantitative estimate of drug-likeness (QED) is 0.709. The highest BCUT2D eigenvalue weighted by atomic mass is 16.2. The van der Waals surface area contributed by atoms with Crippen molar-refractivity contribution >= 4 is 23.2 Å². The molecule has 140 valence electrons. The normalized spacial score (nSPS) is 17.6. The Morgan fingerprint density at radius 1 is 0.929 bits per heavy atom. The van der Waals surface area contributed by atoms with Crippen LogP contribution in [0.3, 0.4) is 0 Å². The van der Waals surface area contributed by atoms with E-state index < -0.39 is 0 Å². The van der Waals surface area contributed by atoms with Crippen LogP contribution in [0.2, 0.25) is 0 Å². The number of aromatic nitrogens is 2. The van der Waals surface area contributed by atoms with E-state index in [2.05, 4.69) is 27.5 Å². The zero-order chi connectivity index (χ0) is 19.5. The first-order chi connectivity index (χ1) is 13.6. The van der Waals surface area contributed by atoms with Gasteiger partial charge < -0.3 is 10.6 Å². The van der Waals surface area contributed by atoms with Crippen molar-refractivity contribution in [2.45, 2.75) is 13.3 Å². The third-order valence-corrected chi connectivity index (χ3v) is 4.78. The van der Waals surface area contributed by atoms with Gasteiger partial charge in [0.2, 0.25) is 5.91 Å². The first kappa shape index (κ1) is 17.9. The lowest BCUT2D eigenvalue weighted by Crippen LogP contribution is -2.16. The molecule has 2 unspecified atom stereocenters. The molecule has 1 fully saturated rings. The average Bonchev–Trinajstić information content (AvgIpc) is 3.46. The van der Waals surface area contributed by atoms with Crippen molar-refractivity contribution < 1.29 is 9.59 Å². The van der Waals surface area contributed by atoms with Crippen molar-refractivity contribution in [3.8, 4) is 11.4 Å². The van der Waals surface area contributed by atoms with Crippen LogP contribution in [0.5, 0.6) is 0 Å². The smallest absolute Gasteiger partial charge is 0.255 e. The topological polar surface area (TPSA) is 84.0 Å². The Labute approximate surface area is 163 Å². The van der Waals surface area contributed by atoms with E-state index in [1.807, 2.05) is 30.3 Å². The molecule has 1 heterocycles. The highest BCUT2D eigenvalue weighted by molar-refractivity contribution is 6.05. The molecule has 2 aromatic carbocycles. The van der Waals surface area contributed by atoms with Gasteiger partial charge in [-0.1, -0.05) is 43.3 Å². The molecular formula is C22H20N4O2. The van der Waals surface area contributed by atoms with Gasteiger partial charge in [0.05, 0.1) is 18.1 Å². The summed E-state index contributed by atoms with van der Waals surface area (Å²) in [6, 6.07) is 16.5. The van der Waals surface area contributed by atoms with Crippen LogP contribution in [0.1, 0.15) is 23.7 Å². The van der Waals surface area contributed by atoms with Crippen LogP contribution in [0, 0.1) is 11.8 Å². The molecule has 0 aliphatic heterocycles. The summed E-state index contributed by atoms with van der Waals surface area (Å²) in [5.41, 5.74) is 2.49. The number of rotatable bonds is 5. The van der Waals surface area contributed by atoms with Crippen molar-refractivity contribution in [3.63, 3.8) is 0 Å². The second kappa shape index (κ2) is 7.60. The molecule has 0 spiro atoms. The summed E-state index contributed by atoms with van der Waals surface area (Å²) in [5, 5.41) is 5.66. The van der Waals surface area contributed by atoms with Gasteiger partial charge in [-0.15, -0.1) is 0 Å². The Kier molecular flexibility index (Phi) is 4.85. The number of benzene rings is 2. The summed E-state index contributed by atoms with van der Waals surface area (Å²) in [6.07, 6.45) is 4.08. The zero-order valence-electron chi connectivity index (χ0n) is 15.4. The predicted molar refractivity (Wildman–Crippen MR) is 108 cm³/mol. The number of carbonyl (C=O) groups is 2. The van der Waals surface area contributed by atoms with Crippen LogP contribution >= 0.6 is 0 Å². The zero-order valence-corrected chi connectivity index (χ0v) is 15.4. The third kappa shape index (κ3) is 4.06. The molecule has 6 nitrogen and oxygen atoms in total. The van der Waals surface area contributed by atoms with Crippen LogP contribution in [0.25, 0.3) is 11.4 Å². The van der Waals surface area contributed by atoms with Crippen molar-refractivity contribution in [3.05, 3.63) is 72.6 Å². The second-order valence-electron chi connectivity index (χ2n) is 7.01.